The van der Waals surface area contributed by atoms with E-state index in [2.05, 4.69) is 25.9 Å². The number of carbonyl (C=O) groups excluding carboxylic acids is 1. The molecule has 4 N–H and O–H groups in total. The first-order chi connectivity index (χ1) is 16.6. The molecule has 7 nitrogen and oxygen atoms in total. The number of aliphatic hydroxyl groups excluding tert-OH is 1. The summed E-state index contributed by atoms with van der Waals surface area (Å²) in [5.74, 6) is 0.406. The number of halogens is 1. The van der Waals surface area contributed by atoms with Crippen LogP contribution in [-0.2, 0) is 6.54 Å². The zero-order valence-corrected chi connectivity index (χ0v) is 20.0. The number of rotatable bonds is 3. The van der Waals surface area contributed by atoms with Crippen LogP contribution < -0.4 is 16.0 Å². The van der Waals surface area contributed by atoms with E-state index in [1.54, 1.807) is 18.3 Å². The monoisotopic (exact) mass is 471 g/mol. The summed E-state index contributed by atoms with van der Waals surface area (Å²) < 4.78 is 13.1. The third kappa shape index (κ3) is 9.25. The number of nitrogens with one attached hydrogen (secondary N) is 3. The highest BCUT2D eigenvalue weighted by atomic mass is 19.1. The van der Waals surface area contributed by atoms with Crippen molar-refractivity contribution in [1.82, 2.24) is 15.3 Å². The predicted octanol–water partition coefficient (Wildman–Crippen LogP) is 5.04. The van der Waals surface area contributed by atoms with Crippen molar-refractivity contribution in [1.29, 1.82) is 0 Å². The maximum absolute atomic E-state index is 13.1. The van der Waals surface area contributed by atoms with Crippen LogP contribution in [0.2, 0.25) is 0 Å². The highest BCUT2D eigenvalue weighted by Crippen LogP contribution is 2.17. The van der Waals surface area contributed by atoms with Crippen LogP contribution in [0.3, 0.4) is 0 Å². The molecule has 1 atom stereocenters. The Kier molecular flexibility index (Phi) is 11.0. The van der Waals surface area contributed by atoms with Gasteiger partial charge in [0.2, 0.25) is 5.95 Å². The molecule has 1 aliphatic rings. The quantitative estimate of drug-likeness (QED) is 0.501. The molecule has 1 aromatic heterocycles. The summed E-state index contributed by atoms with van der Waals surface area (Å²) in [6.45, 7) is 1.74. The highest BCUT2D eigenvalue weighted by molar-refractivity contribution is 5.98. The first kappa shape index (κ1) is 25.9. The average Bonchev–Trinajstić information content (AvgIpc) is 2.84. The summed E-state index contributed by atoms with van der Waals surface area (Å²) in [5, 5.41) is 19.6. The summed E-state index contributed by atoms with van der Waals surface area (Å²) in [6.07, 6.45) is 13.0. The Labute approximate surface area is 202 Å². The average molecular weight is 472 g/mol. The predicted molar refractivity (Wildman–Crippen MR) is 133 cm³/mol. The van der Waals surface area contributed by atoms with Gasteiger partial charge in [0, 0.05) is 25.8 Å². The highest BCUT2D eigenvalue weighted by Gasteiger charge is 2.15. The molecule has 0 radical (unpaired) electrons. The van der Waals surface area contributed by atoms with Crippen molar-refractivity contribution in [3.8, 4) is 0 Å². The molecule has 1 amide bonds. The van der Waals surface area contributed by atoms with E-state index in [1.807, 2.05) is 0 Å². The van der Waals surface area contributed by atoms with Crippen molar-refractivity contribution in [3.05, 3.63) is 47.4 Å². The first-order valence-electron chi connectivity index (χ1n) is 12.7. The Morgan fingerprint density at radius 2 is 1.56 bits per heavy atom. The van der Waals surface area contributed by atoms with E-state index in [9.17, 15) is 14.3 Å². The largest absolute Gasteiger partial charge is 0.393 e. The number of anilines is 2. The number of carbonyl (C=O) groups is 1. The summed E-state index contributed by atoms with van der Waals surface area (Å²) in [4.78, 5) is 21.8. The normalized spacial score (nSPS) is 18.9. The number of aromatic nitrogens is 2. The molecule has 186 valence electrons. The van der Waals surface area contributed by atoms with Gasteiger partial charge >= 0.3 is 0 Å². The summed E-state index contributed by atoms with van der Waals surface area (Å²) in [5.41, 5.74) is 1.18. The number of fused-ring (bicyclic) bond motifs is 2. The molecule has 34 heavy (non-hydrogen) atoms. The van der Waals surface area contributed by atoms with Gasteiger partial charge in [0.25, 0.3) is 5.91 Å². The molecule has 1 unspecified atom stereocenters. The Balaban J connectivity index is 1.62. The van der Waals surface area contributed by atoms with Crippen LogP contribution in [0.4, 0.5) is 16.2 Å². The molecular weight excluding hydrogens is 433 g/mol. The Bertz CT molecular complexity index is 878. The Morgan fingerprint density at radius 1 is 0.941 bits per heavy atom. The van der Waals surface area contributed by atoms with Crippen LogP contribution in [0.1, 0.15) is 86.6 Å². The summed E-state index contributed by atoms with van der Waals surface area (Å²) >= 11 is 0. The number of nitrogens with zero attached hydrogens (tertiary/aromatic N) is 2. The zero-order valence-electron chi connectivity index (χ0n) is 20.0. The third-order valence-electron chi connectivity index (χ3n) is 6.15. The van der Waals surface area contributed by atoms with Gasteiger partial charge in [-0.15, -0.1) is 0 Å². The lowest BCUT2D eigenvalue weighted by Crippen LogP contribution is -2.25. The molecule has 0 fully saturated rings. The number of amides is 1. The van der Waals surface area contributed by atoms with Crippen molar-refractivity contribution >= 4 is 17.7 Å². The van der Waals surface area contributed by atoms with Crippen LogP contribution >= 0.6 is 0 Å². The molecule has 1 aromatic carbocycles. The molecule has 0 saturated heterocycles. The SMILES string of the molecule is O=C(NCc1ccc(F)cc1)c1cnc2nc1NCCCCC(O)CCCCCCCCCN2. The molecule has 1 aliphatic heterocycles. The lowest BCUT2D eigenvalue weighted by molar-refractivity contribution is 0.0951. The molecule has 0 spiro atoms. The second kappa shape index (κ2) is 14.5. The molecule has 3 rings (SSSR count). The minimum atomic E-state index is -0.307. The van der Waals surface area contributed by atoms with E-state index in [0.717, 1.165) is 57.1 Å². The second-order valence-corrected chi connectivity index (χ2v) is 9.03. The summed E-state index contributed by atoms with van der Waals surface area (Å²) in [7, 11) is 0. The molecule has 8 heteroatoms. The van der Waals surface area contributed by atoms with Crippen molar-refractivity contribution in [2.75, 3.05) is 23.7 Å². The molecule has 0 aliphatic carbocycles. The Hall–Kier alpha value is -2.74. The van der Waals surface area contributed by atoms with Crippen LogP contribution in [0.25, 0.3) is 0 Å². The van der Waals surface area contributed by atoms with Crippen LogP contribution in [0, 0.1) is 5.82 Å². The second-order valence-electron chi connectivity index (χ2n) is 9.03. The van der Waals surface area contributed by atoms with E-state index in [0.29, 0.717) is 23.9 Å². The molecule has 0 saturated carbocycles. The van der Waals surface area contributed by atoms with Gasteiger partial charge in [-0.3, -0.25) is 4.79 Å². The van der Waals surface area contributed by atoms with Crippen molar-refractivity contribution in [2.45, 2.75) is 83.3 Å². The first-order valence-corrected chi connectivity index (χ1v) is 12.7. The van der Waals surface area contributed by atoms with E-state index in [-0.39, 0.29) is 24.4 Å². The number of hydrogen-bond donors (Lipinski definition) is 4. The molecule has 2 aromatic rings. The van der Waals surface area contributed by atoms with Gasteiger partial charge in [-0.2, -0.15) is 4.98 Å². The third-order valence-corrected chi connectivity index (χ3v) is 6.15. The van der Waals surface area contributed by atoms with Crippen LogP contribution in [0.15, 0.2) is 30.5 Å². The molecule has 2 bridgehead atoms. The van der Waals surface area contributed by atoms with E-state index in [1.165, 1.54) is 37.8 Å². The van der Waals surface area contributed by atoms with E-state index < -0.39 is 0 Å². The van der Waals surface area contributed by atoms with Gasteiger partial charge in [-0.05, 0) is 49.8 Å². The van der Waals surface area contributed by atoms with Gasteiger partial charge in [0.05, 0.1) is 6.10 Å². The maximum atomic E-state index is 13.1. The fraction of sp³-hybridized carbons (Fsp3) is 0.577. The molecular formula is C26H38FN5O2. The van der Waals surface area contributed by atoms with Gasteiger partial charge in [0.1, 0.15) is 17.2 Å². The van der Waals surface area contributed by atoms with E-state index >= 15 is 0 Å². The fourth-order valence-electron chi connectivity index (χ4n) is 4.09. The fourth-order valence-corrected chi connectivity index (χ4v) is 4.09. The van der Waals surface area contributed by atoms with Crippen LogP contribution in [0.5, 0.6) is 0 Å². The van der Waals surface area contributed by atoms with Crippen LogP contribution in [-0.4, -0.2) is 40.2 Å². The van der Waals surface area contributed by atoms with Crippen molar-refractivity contribution < 1.29 is 14.3 Å². The minimum Gasteiger partial charge on any atom is -0.393 e. The minimum absolute atomic E-state index is 0.232. The number of benzene rings is 1. The number of aliphatic hydroxyl groups is 1. The van der Waals surface area contributed by atoms with Gasteiger partial charge in [-0.25, -0.2) is 9.37 Å². The standard InChI is InChI=1S/C26H38FN5O2/c27-21-14-12-20(13-15-21)18-30-25(34)23-19-31-26-29-17-8-5-3-1-2-4-6-10-22(33)11-7-9-16-28-24(23)32-26/h12-15,19,22,33H,1-11,16-18H2,(H,30,34)(H2,28,29,31,32). The Morgan fingerprint density at radius 3 is 2.32 bits per heavy atom. The number of hydrogen-bond acceptors (Lipinski definition) is 6. The maximum Gasteiger partial charge on any atom is 0.256 e. The topological polar surface area (TPSA) is 99.2 Å². The lowest BCUT2D eigenvalue weighted by Gasteiger charge is -2.14. The zero-order chi connectivity index (χ0) is 24.0. The van der Waals surface area contributed by atoms with Gasteiger partial charge in [0.15, 0.2) is 0 Å². The van der Waals surface area contributed by atoms with E-state index in [4.69, 9.17) is 0 Å². The van der Waals surface area contributed by atoms with Gasteiger partial charge < -0.3 is 21.1 Å². The smallest absolute Gasteiger partial charge is 0.256 e. The van der Waals surface area contributed by atoms with Crippen molar-refractivity contribution in [2.24, 2.45) is 0 Å². The molecule has 2 heterocycles. The van der Waals surface area contributed by atoms with Gasteiger partial charge in [-0.1, -0.05) is 50.7 Å². The van der Waals surface area contributed by atoms with Crippen molar-refractivity contribution in [3.63, 3.8) is 0 Å². The lowest BCUT2D eigenvalue weighted by atomic mass is 10.0. The summed E-state index contributed by atoms with van der Waals surface area (Å²) in [6, 6.07) is 6.04.